The van der Waals surface area contributed by atoms with Gasteiger partial charge in [-0.2, -0.15) is 0 Å². The van der Waals surface area contributed by atoms with Crippen LogP contribution in [0.2, 0.25) is 0 Å². The van der Waals surface area contributed by atoms with E-state index in [1.165, 1.54) is 0 Å². The Morgan fingerprint density at radius 2 is 1.00 bits per heavy atom. The van der Waals surface area contributed by atoms with Gasteiger partial charge < -0.3 is 0 Å². The molecule has 0 aliphatic carbocycles. The summed E-state index contributed by atoms with van der Waals surface area (Å²) in [5, 5.41) is 0. The van der Waals surface area contributed by atoms with Crippen LogP contribution < -0.4 is 0 Å². The minimum Gasteiger partial charge on any atom is 0 e. The first-order valence-corrected chi connectivity index (χ1v) is 0. The average molecular weight is 207 g/mol. The third-order valence-corrected chi connectivity index (χ3v) is 0. The second-order valence-corrected chi connectivity index (χ2v) is 0. The molecule has 0 N–H and O–H groups in total. The van der Waals surface area contributed by atoms with Crippen LogP contribution in [-0.4, -0.2) is 0 Å². The molecule has 0 atom stereocenters. The summed E-state index contributed by atoms with van der Waals surface area (Å²) in [6.07, 6.45) is 0. The van der Waals surface area contributed by atoms with E-state index >= 15 is 0 Å². The molecule has 0 aromatic carbocycles. The third-order valence-electron chi connectivity index (χ3n) is 0. The zero-order chi connectivity index (χ0) is 0. The molecule has 0 aromatic heterocycles. The molecule has 0 amide bonds. The predicted octanol–water partition coefficient (Wildman–Crippen LogP) is -0.0100. The Morgan fingerprint density at radius 3 is 1.00 bits per heavy atom. The van der Waals surface area contributed by atoms with Gasteiger partial charge >= 0.3 is 0 Å². The van der Waals surface area contributed by atoms with Crippen LogP contribution in [0.15, 0.2) is 0 Å². The molecule has 0 aromatic rings. The van der Waals surface area contributed by atoms with Crippen molar-refractivity contribution in [1.29, 1.82) is 0 Å². The third kappa shape index (κ3) is 8.82. The molecule has 0 bridgehead atoms. The van der Waals surface area contributed by atoms with Crippen molar-refractivity contribution in [2.45, 2.75) is 0 Å². The average Bonchev–Trinajstić information content (AvgIpc) is 0. The fraction of sp³-hybridized carbons (Fsp3) is 0. The van der Waals surface area contributed by atoms with Gasteiger partial charge in [-0.1, -0.05) is 0 Å². The minimum atomic E-state index is 0. The number of rotatable bonds is 0. The maximum Gasteiger partial charge on any atom is 0 e. The summed E-state index contributed by atoms with van der Waals surface area (Å²) in [5.74, 6) is 0. The standard InChI is InChI=1S/Co.Mn.Sc.Ti. The van der Waals surface area contributed by atoms with Gasteiger partial charge in [0.2, 0.25) is 0 Å². The summed E-state index contributed by atoms with van der Waals surface area (Å²) in [6.45, 7) is 0. The summed E-state index contributed by atoms with van der Waals surface area (Å²) in [4.78, 5) is 0. The van der Waals surface area contributed by atoms with E-state index in [2.05, 4.69) is 0 Å². The van der Waals surface area contributed by atoms with Crippen molar-refractivity contribution in [3.05, 3.63) is 0 Å². The molecule has 0 unspecified atom stereocenters. The quantitative estimate of drug-likeness (QED) is 0.490. The molecule has 23 valence electrons. The van der Waals surface area contributed by atoms with E-state index in [0.29, 0.717) is 0 Å². The number of hydrogen-bond acceptors (Lipinski definition) is 0. The van der Waals surface area contributed by atoms with Crippen molar-refractivity contribution < 1.29 is 81.4 Å². The molecule has 0 saturated carbocycles. The van der Waals surface area contributed by atoms with Gasteiger partial charge in [0.05, 0.1) is 0 Å². The van der Waals surface area contributed by atoms with Crippen LogP contribution in [0.3, 0.4) is 0 Å². The fourth-order valence-corrected chi connectivity index (χ4v) is 0. The van der Waals surface area contributed by atoms with E-state index < -0.39 is 0 Å². The van der Waals surface area contributed by atoms with Crippen LogP contribution >= 0.6 is 0 Å². The van der Waals surface area contributed by atoms with Crippen molar-refractivity contribution in [2.24, 2.45) is 0 Å². The first-order valence-electron chi connectivity index (χ1n) is 0. The molecule has 3 radical (unpaired) electrons. The van der Waals surface area contributed by atoms with Gasteiger partial charge in [-0.05, 0) is 0 Å². The molecule has 4 heavy (non-hydrogen) atoms. The van der Waals surface area contributed by atoms with Crippen molar-refractivity contribution in [3.8, 4) is 0 Å². The molecule has 0 spiro atoms. The topological polar surface area (TPSA) is 0 Å². The molecule has 4 heteroatoms. The van der Waals surface area contributed by atoms with Crippen LogP contribution in [-0.2, 0) is 81.4 Å². The van der Waals surface area contributed by atoms with E-state index in [-0.39, 0.29) is 81.4 Å². The molecule has 0 aliphatic heterocycles. The normalized spacial score (nSPS) is 0. The van der Waals surface area contributed by atoms with Gasteiger partial charge in [-0.15, -0.1) is 0 Å². The second-order valence-electron chi connectivity index (χ2n) is 0. The summed E-state index contributed by atoms with van der Waals surface area (Å²) < 4.78 is 0. The first kappa shape index (κ1) is 30.5. The zero-order valence-corrected chi connectivity index (χ0v) is 7.37. The fourth-order valence-electron chi connectivity index (χ4n) is 0. The Bertz CT molecular complexity index is 8.00. The second kappa shape index (κ2) is 17.5. The summed E-state index contributed by atoms with van der Waals surface area (Å²) in [5.41, 5.74) is 0. The maximum atomic E-state index is 0. The molecular weight excluding hydrogens is 207 g/mol. The first-order chi connectivity index (χ1) is 0. The van der Waals surface area contributed by atoms with E-state index in [1.54, 1.807) is 0 Å². The van der Waals surface area contributed by atoms with E-state index in [9.17, 15) is 0 Å². The van der Waals surface area contributed by atoms with Crippen molar-refractivity contribution >= 4 is 0 Å². The summed E-state index contributed by atoms with van der Waals surface area (Å²) in [6, 6.07) is 0. The molecule has 0 rings (SSSR count). The van der Waals surface area contributed by atoms with Gasteiger partial charge in [0.25, 0.3) is 0 Å². The maximum absolute atomic E-state index is 0. The van der Waals surface area contributed by atoms with Crippen molar-refractivity contribution in [3.63, 3.8) is 0 Å². The molecule has 0 saturated heterocycles. The van der Waals surface area contributed by atoms with Gasteiger partial charge in [0, 0.05) is 81.4 Å². The van der Waals surface area contributed by atoms with Crippen LogP contribution in [0.1, 0.15) is 0 Å². The predicted molar refractivity (Wildman–Crippen MR) is 0 cm³/mol. The SMILES string of the molecule is [Co].[Mn].[Sc].[Ti]. The van der Waals surface area contributed by atoms with Gasteiger partial charge in [0.15, 0.2) is 0 Å². The Hall–Kier alpha value is 2.61. The van der Waals surface area contributed by atoms with Crippen molar-refractivity contribution in [1.82, 2.24) is 0 Å². The Kier molecular flexibility index (Phi) is 134. The van der Waals surface area contributed by atoms with Gasteiger partial charge in [-0.3, -0.25) is 0 Å². The summed E-state index contributed by atoms with van der Waals surface area (Å²) >= 11 is 0. The van der Waals surface area contributed by atoms with E-state index in [0.717, 1.165) is 0 Å². The van der Waals surface area contributed by atoms with Crippen LogP contribution in [0.4, 0.5) is 0 Å². The minimum absolute atomic E-state index is 0. The molecule has 0 heterocycles. The molecular formula is CoMnScTi. The van der Waals surface area contributed by atoms with Gasteiger partial charge in [-0.25, -0.2) is 0 Å². The number of hydrogen-bond donors (Lipinski definition) is 0. The van der Waals surface area contributed by atoms with Gasteiger partial charge in [0.1, 0.15) is 0 Å². The summed E-state index contributed by atoms with van der Waals surface area (Å²) in [7, 11) is 0. The largest absolute Gasteiger partial charge is 0 e. The smallest absolute Gasteiger partial charge is 0 e. The molecule has 0 fully saturated rings. The van der Waals surface area contributed by atoms with Crippen LogP contribution in [0.5, 0.6) is 0 Å². The Labute approximate surface area is 80.2 Å². The molecule has 0 nitrogen and oxygen atoms in total. The van der Waals surface area contributed by atoms with Crippen molar-refractivity contribution in [2.75, 3.05) is 0 Å². The van der Waals surface area contributed by atoms with Crippen LogP contribution in [0, 0.1) is 0 Å². The van der Waals surface area contributed by atoms with E-state index in [4.69, 9.17) is 0 Å². The monoisotopic (exact) mass is 207 g/mol. The van der Waals surface area contributed by atoms with Crippen LogP contribution in [0.25, 0.3) is 0 Å². The Balaban J connectivity index is 0. The van der Waals surface area contributed by atoms with E-state index in [1.807, 2.05) is 0 Å². The zero-order valence-electron chi connectivity index (χ0n) is 1.79. The molecule has 0 aliphatic rings. The Morgan fingerprint density at radius 1 is 1.00 bits per heavy atom.